The van der Waals surface area contributed by atoms with E-state index in [1.165, 1.54) is 11.8 Å². The molecule has 0 bridgehead atoms. The lowest BCUT2D eigenvalue weighted by atomic mass is 10.2. The first-order valence-electron chi connectivity index (χ1n) is 9.38. The van der Waals surface area contributed by atoms with Crippen molar-refractivity contribution in [2.75, 3.05) is 6.61 Å². The number of para-hydroxylation sites is 1. The van der Waals surface area contributed by atoms with Crippen LogP contribution < -0.4 is 10.3 Å². The first-order chi connectivity index (χ1) is 14.6. The van der Waals surface area contributed by atoms with Gasteiger partial charge in [0.1, 0.15) is 5.75 Å². The van der Waals surface area contributed by atoms with E-state index >= 15 is 0 Å². The van der Waals surface area contributed by atoms with Crippen molar-refractivity contribution in [3.8, 4) is 11.4 Å². The van der Waals surface area contributed by atoms with Gasteiger partial charge in [0.25, 0.3) is 5.56 Å². The molecule has 1 heterocycles. The first kappa shape index (κ1) is 20.8. The van der Waals surface area contributed by atoms with Gasteiger partial charge in [-0.05, 0) is 61.0 Å². The smallest absolute Gasteiger partial charge is 0.266 e. The van der Waals surface area contributed by atoms with Crippen molar-refractivity contribution < 1.29 is 4.74 Å². The van der Waals surface area contributed by atoms with Crippen LogP contribution in [-0.4, -0.2) is 16.2 Å². The fourth-order valence-electron chi connectivity index (χ4n) is 3.08. The van der Waals surface area contributed by atoms with E-state index < -0.39 is 0 Å². The molecule has 0 unspecified atom stereocenters. The van der Waals surface area contributed by atoms with Gasteiger partial charge in [0.15, 0.2) is 5.16 Å². The predicted octanol–water partition coefficient (Wildman–Crippen LogP) is 6.38. The van der Waals surface area contributed by atoms with Crippen LogP contribution in [0.4, 0.5) is 0 Å². The lowest BCUT2D eigenvalue weighted by molar-refractivity contribution is 0.340. The van der Waals surface area contributed by atoms with Crippen molar-refractivity contribution in [2.45, 2.75) is 17.8 Å². The topological polar surface area (TPSA) is 44.1 Å². The van der Waals surface area contributed by atoms with Gasteiger partial charge in [0.05, 0.1) is 23.2 Å². The standard InChI is InChI=1S/C23H18Cl2N2O2S/c1-2-29-18-11-9-17(10-12-18)27-22(28)19-5-3-4-6-21(19)26-23(27)30-14-15-7-8-16(24)13-20(15)25/h3-13H,2,14H2,1H3. The van der Waals surface area contributed by atoms with Gasteiger partial charge in [-0.3, -0.25) is 9.36 Å². The highest BCUT2D eigenvalue weighted by atomic mass is 35.5. The van der Waals surface area contributed by atoms with Crippen LogP contribution in [0.1, 0.15) is 12.5 Å². The second kappa shape index (κ2) is 9.13. The molecule has 1 aromatic heterocycles. The van der Waals surface area contributed by atoms with E-state index in [0.717, 1.165) is 17.0 Å². The van der Waals surface area contributed by atoms with Crippen LogP contribution in [0, 0.1) is 0 Å². The summed E-state index contributed by atoms with van der Waals surface area (Å²) in [5.74, 6) is 1.31. The number of ether oxygens (including phenoxy) is 1. The molecule has 0 saturated carbocycles. The highest BCUT2D eigenvalue weighted by Crippen LogP contribution is 2.29. The fraction of sp³-hybridized carbons (Fsp3) is 0.130. The quantitative estimate of drug-likeness (QED) is 0.249. The number of halogens is 2. The van der Waals surface area contributed by atoms with Crippen molar-refractivity contribution in [3.63, 3.8) is 0 Å². The molecule has 0 saturated heterocycles. The van der Waals surface area contributed by atoms with Gasteiger partial charge in [-0.2, -0.15) is 0 Å². The summed E-state index contributed by atoms with van der Waals surface area (Å²) in [6.07, 6.45) is 0. The largest absolute Gasteiger partial charge is 0.494 e. The van der Waals surface area contributed by atoms with E-state index in [1.54, 1.807) is 22.8 Å². The molecule has 0 fully saturated rings. The number of nitrogens with zero attached hydrogens (tertiary/aromatic N) is 2. The molecule has 0 N–H and O–H groups in total. The molecule has 0 aliphatic carbocycles. The van der Waals surface area contributed by atoms with Gasteiger partial charge < -0.3 is 4.74 Å². The van der Waals surface area contributed by atoms with Crippen molar-refractivity contribution in [1.82, 2.24) is 9.55 Å². The maximum atomic E-state index is 13.3. The molecule has 4 aromatic rings. The molecule has 30 heavy (non-hydrogen) atoms. The van der Waals surface area contributed by atoms with E-state index in [-0.39, 0.29) is 5.56 Å². The van der Waals surface area contributed by atoms with Gasteiger partial charge in [-0.25, -0.2) is 4.98 Å². The summed E-state index contributed by atoms with van der Waals surface area (Å²) in [5.41, 5.74) is 2.20. The molecular formula is C23H18Cl2N2O2S. The molecule has 7 heteroatoms. The molecule has 0 aliphatic rings. The average molecular weight is 457 g/mol. The molecule has 0 aliphatic heterocycles. The Morgan fingerprint density at radius 1 is 1.03 bits per heavy atom. The Bertz CT molecular complexity index is 1260. The first-order valence-corrected chi connectivity index (χ1v) is 11.1. The minimum absolute atomic E-state index is 0.116. The van der Waals surface area contributed by atoms with E-state index in [2.05, 4.69) is 0 Å². The summed E-state index contributed by atoms with van der Waals surface area (Å²) in [5, 5.41) is 2.34. The summed E-state index contributed by atoms with van der Waals surface area (Å²) >= 11 is 13.8. The third kappa shape index (κ3) is 4.33. The molecule has 0 spiro atoms. The van der Waals surface area contributed by atoms with E-state index in [4.69, 9.17) is 32.9 Å². The highest BCUT2D eigenvalue weighted by molar-refractivity contribution is 7.98. The number of hydrogen-bond acceptors (Lipinski definition) is 4. The minimum atomic E-state index is -0.116. The Balaban J connectivity index is 1.78. The third-order valence-electron chi connectivity index (χ3n) is 4.52. The third-order valence-corrected chi connectivity index (χ3v) is 6.10. The molecule has 4 rings (SSSR count). The van der Waals surface area contributed by atoms with Gasteiger partial charge >= 0.3 is 0 Å². The molecule has 0 atom stereocenters. The van der Waals surface area contributed by atoms with Gasteiger partial charge in [-0.15, -0.1) is 0 Å². The van der Waals surface area contributed by atoms with Crippen molar-refractivity contribution in [1.29, 1.82) is 0 Å². The zero-order valence-corrected chi connectivity index (χ0v) is 18.5. The van der Waals surface area contributed by atoms with E-state index in [0.29, 0.717) is 38.5 Å². The van der Waals surface area contributed by atoms with Gasteiger partial charge in [-0.1, -0.05) is 53.2 Å². The summed E-state index contributed by atoms with van der Waals surface area (Å²) < 4.78 is 7.15. The van der Waals surface area contributed by atoms with Crippen LogP contribution in [0.15, 0.2) is 76.7 Å². The summed E-state index contributed by atoms with van der Waals surface area (Å²) in [6, 6.07) is 20.2. The zero-order valence-electron chi connectivity index (χ0n) is 16.1. The Hall–Kier alpha value is -2.47. The molecule has 4 nitrogen and oxygen atoms in total. The number of thioether (sulfide) groups is 1. The highest BCUT2D eigenvalue weighted by Gasteiger charge is 2.14. The van der Waals surface area contributed by atoms with Crippen molar-refractivity contribution in [2.24, 2.45) is 0 Å². The summed E-state index contributed by atoms with van der Waals surface area (Å²) in [6.45, 7) is 2.52. The Labute approximate surface area is 188 Å². The number of rotatable bonds is 6. The maximum Gasteiger partial charge on any atom is 0.266 e. The molecular weight excluding hydrogens is 439 g/mol. The van der Waals surface area contributed by atoms with E-state index in [1.807, 2.05) is 55.5 Å². The molecule has 3 aromatic carbocycles. The Morgan fingerprint density at radius 2 is 1.80 bits per heavy atom. The number of hydrogen-bond donors (Lipinski definition) is 0. The predicted molar refractivity (Wildman–Crippen MR) is 125 cm³/mol. The molecule has 0 radical (unpaired) electrons. The second-order valence-electron chi connectivity index (χ2n) is 6.50. The number of fused-ring (bicyclic) bond motifs is 1. The average Bonchev–Trinajstić information content (AvgIpc) is 2.74. The van der Waals surface area contributed by atoms with Crippen LogP contribution >= 0.6 is 35.0 Å². The lowest BCUT2D eigenvalue weighted by Gasteiger charge is -2.14. The van der Waals surface area contributed by atoms with Crippen LogP contribution in [0.2, 0.25) is 10.0 Å². The van der Waals surface area contributed by atoms with Crippen LogP contribution in [0.25, 0.3) is 16.6 Å². The number of aromatic nitrogens is 2. The number of benzene rings is 3. The monoisotopic (exact) mass is 456 g/mol. The minimum Gasteiger partial charge on any atom is -0.494 e. The Kier molecular flexibility index (Phi) is 6.32. The molecule has 0 amide bonds. The fourth-order valence-corrected chi connectivity index (χ4v) is 4.65. The van der Waals surface area contributed by atoms with E-state index in [9.17, 15) is 4.79 Å². The van der Waals surface area contributed by atoms with Gasteiger partial charge in [0.2, 0.25) is 0 Å². The van der Waals surface area contributed by atoms with Crippen molar-refractivity contribution >= 4 is 45.9 Å². The Morgan fingerprint density at radius 3 is 2.53 bits per heavy atom. The lowest BCUT2D eigenvalue weighted by Crippen LogP contribution is -2.21. The summed E-state index contributed by atoms with van der Waals surface area (Å²) in [4.78, 5) is 18.1. The summed E-state index contributed by atoms with van der Waals surface area (Å²) in [7, 11) is 0. The maximum absolute atomic E-state index is 13.3. The van der Waals surface area contributed by atoms with Gasteiger partial charge in [0, 0.05) is 15.8 Å². The SMILES string of the molecule is CCOc1ccc(-n2c(SCc3ccc(Cl)cc3Cl)nc3ccccc3c2=O)cc1. The van der Waals surface area contributed by atoms with Crippen LogP contribution in [0.3, 0.4) is 0 Å². The second-order valence-corrected chi connectivity index (χ2v) is 8.29. The van der Waals surface area contributed by atoms with Crippen LogP contribution in [0.5, 0.6) is 5.75 Å². The normalized spacial score (nSPS) is 11.0. The molecule has 152 valence electrons. The van der Waals surface area contributed by atoms with Crippen LogP contribution in [-0.2, 0) is 5.75 Å². The van der Waals surface area contributed by atoms with Crippen molar-refractivity contribution in [3.05, 3.63) is 92.7 Å². The zero-order chi connectivity index (χ0) is 21.1.